The van der Waals surface area contributed by atoms with Gasteiger partial charge < -0.3 is 9.47 Å². The maximum atomic E-state index is 6.52. The summed E-state index contributed by atoms with van der Waals surface area (Å²) in [5.41, 5.74) is 10.1. The highest BCUT2D eigenvalue weighted by Crippen LogP contribution is 2.44. The lowest BCUT2D eigenvalue weighted by Gasteiger charge is -2.30. The van der Waals surface area contributed by atoms with Gasteiger partial charge in [-0.2, -0.15) is 0 Å². The average molecular weight is 563 g/mol. The van der Waals surface area contributed by atoms with Crippen LogP contribution in [0, 0.1) is 27.7 Å². The molecular weight excluding hydrogens is 512 g/mol. The molecule has 0 unspecified atom stereocenters. The van der Waals surface area contributed by atoms with Gasteiger partial charge in [-0.15, -0.1) is 0 Å². The Bertz CT molecular complexity index is 1400. The Hall–Kier alpha value is -3.52. The van der Waals surface area contributed by atoms with Gasteiger partial charge >= 0.3 is 0 Å². The molecular formula is C40H50O2. The van der Waals surface area contributed by atoms with Gasteiger partial charge in [-0.3, -0.25) is 0 Å². The van der Waals surface area contributed by atoms with Crippen LogP contribution in [0.2, 0.25) is 0 Å². The summed E-state index contributed by atoms with van der Waals surface area (Å²) in [4.78, 5) is 0. The van der Waals surface area contributed by atoms with Gasteiger partial charge in [0.2, 0.25) is 0 Å². The Balaban J connectivity index is 1.84. The van der Waals surface area contributed by atoms with E-state index in [1.807, 2.05) is 0 Å². The van der Waals surface area contributed by atoms with Gasteiger partial charge in [-0.1, -0.05) is 102 Å². The number of rotatable bonds is 8. The van der Waals surface area contributed by atoms with Crippen LogP contribution >= 0.6 is 0 Å². The maximum Gasteiger partial charge on any atom is 0.131 e. The SMILES string of the molecule is CCCC(c1cc(C(C)(C)C)c(Oc2ccc(C)cc2)cc1C)c1cc(C(C)(C)C)c(Oc2ccc(C)cc2)cc1C. The Morgan fingerprint density at radius 1 is 0.548 bits per heavy atom. The fourth-order valence-corrected chi connectivity index (χ4v) is 5.72. The summed E-state index contributed by atoms with van der Waals surface area (Å²) in [6, 6.07) is 26.0. The first-order chi connectivity index (χ1) is 19.7. The van der Waals surface area contributed by atoms with E-state index in [-0.39, 0.29) is 16.7 Å². The second-order valence-electron chi connectivity index (χ2n) is 14.1. The molecule has 0 atom stereocenters. The molecule has 0 saturated carbocycles. The minimum Gasteiger partial charge on any atom is -0.457 e. The predicted molar refractivity (Wildman–Crippen MR) is 179 cm³/mol. The number of ether oxygens (including phenoxy) is 2. The molecule has 0 saturated heterocycles. The molecule has 4 aromatic rings. The van der Waals surface area contributed by atoms with Gasteiger partial charge in [0.25, 0.3) is 0 Å². The summed E-state index contributed by atoms with van der Waals surface area (Å²) in [5, 5.41) is 0. The molecule has 0 aliphatic carbocycles. The Morgan fingerprint density at radius 2 is 0.905 bits per heavy atom. The number of hydrogen-bond donors (Lipinski definition) is 0. The summed E-state index contributed by atoms with van der Waals surface area (Å²) < 4.78 is 13.0. The monoisotopic (exact) mass is 562 g/mol. The quantitative estimate of drug-likeness (QED) is 0.213. The van der Waals surface area contributed by atoms with E-state index in [1.54, 1.807) is 0 Å². The molecule has 0 aliphatic rings. The van der Waals surface area contributed by atoms with E-state index >= 15 is 0 Å². The molecule has 0 amide bonds. The minimum atomic E-state index is -0.0728. The number of aryl methyl sites for hydroxylation is 4. The molecule has 2 heteroatoms. The normalized spacial score (nSPS) is 12.1. The summed E-state index contributed by atoms with van der Waals surface area (Å²) >= 11 is 0. The van der Waals surface area contributed by atoms with Crippen LogP contribution in [0.1, 0.15) is 112 Å². The van der Waals surface area contributed by atoms with Gasteiger partial charge in [0.15, 0.2) is 0 Å². The molecule has 222 valence electrons. The summed E-state index contributed by atoms with van der Waals surface area (Å²) in [5.74, 6) is 3.91. The zero-order valence-corrected chi connectivity index (χ0v) is 27.7. The van der Waals surface area contributed by atoms with Gasteiger partial charge in [0.1, 0.15) is 23.0 Å². The van der Waals surface area contributed by atoms with Crippen molar-refractivity contribution in [3.05, 3.63) is 117 Å². The lowest BCUT2D eigenvalue weighted by molar-refractivity contribution is 0.453. The van der Waals surface area contributed by atoms with Crippen molar-refractivity contribution in [2.24, 2.45) is 0 Å². The highest BCUT2D eigenvalue weighted by Gasteiger charge is 2.28. The van der Waals surface area contributed by atoms with Crippen LogP contribution in [-0.4, -0.2) is 0 Å². The van der Waals surface area contributed by atoms with Crippen LogP contribution in [-0.2, 0) is 10.8 Å². The van der Waals surface area contributed by atoms with Crippen molar-refractivity contribution in [2.45, 2.75) is 106 Å². The molecule has 0 aromatic heterocycles. The van der Waals surface area contributed by atoms with Crippen LogP contribution in [0.15, 0.2) is 72.8 Å². The van der Waals surface area contributed by atoms with Gasteiger partial charge in [-0.05, 0) is 104 Å². The molecule has 4 rings (SSSR count). The standard InChI is InChI=1S/C40H50O2/c1-12-13-32(33-24-35(39(6,7)8)37(22-28(33)4)41-30-18-14-26(2)15-19-30)34-25-36(40(9,10)11)38(23-29(34)5)42-31-20-16-27(3)17-21-31/h14-25,32H,12-13H2,1-11H3. The van der Waals surface area contributed by atoms with E-state index in [2.05, 4.69) is 149 Å². The van der Waals surface area contributed by atoms with Crippen molar-refractivity contribution in [1.82, 2.24) is 0 Å². The highest BCUT2D eigenvalue weighted by molar-refractivity contribution is 5.54. The first kappa shape index (κ1) is 31.4. The topological polar surface area (TPSA) is 18.5 Å². The van der Waals surface area contributed by atoms with Crippen molar-refractivity contribution >= 4 is 0 Å². The predicted octanol–water partition coefficient (Wildman–Crippen LogP) is 12.0. The lowest BCUT2D eigenvalue weighted by Crippen LogP contribution is -2.17. The highest BCUT2D eigenvalue weighted by atomic mass is 16.5. The first-order valence-corrected chi connectivity index (χ1v) is 15.5. The van der Waals surface area contributed by atoms with Crippen LogP contribution in [0.3, 0.4) is 0 Å². The molecule has 0 bridgehead atoms. The van der Waals surface area contributed by atoms with E-state index in [0.29, 0.717) is 0 Å². The third-order valence-corrected chi connectivity index (χ3v) is 8.18. The van der Waals surface area contributed by atoms with E-state index < -0.39 is 0 Å². The maximum absolute atomic E-state index is 6.52. The molecule has 0 radical (unpaired) electrons. The fraction of sp³-hybridized carbons (Fsp3) is 0.400. The molecule has 0 spiro atoms. The van der Waals surface area contributed by atoms with Crippen molar-refractivity contribution in [1.29, 1.82) is 0 Å². The zero-order chi connectivity index (χ0) is 30.8. The van der Waals surface area contributed by atoms with Crippen molar-refractivity contribution in [3.63, 3.8) is 0 Å². The minimum absolute atomic E-state index is 0.0728. The molecule has 2 nitrogen and oxygen atoms in total. The van der Waals surface area contributed by atoms with E-state index in [0.717, 1.165) is 35.8 Å². The Morgan fingerprint density at radius 3 is 1.21 bits per heavy atom. The molecule has 0 aliphatic heterocycles. The second-order valence-corrected chi connectivity index (χ2v) is 14.1. The van der Waals surface area contributed by atoms with E-state index in [4.69, 9.17) is 9.47 Å². The Kier molecular flexibility index (Phi) is 9.26. The van der Waals surface area contributed by atoms with Crippen LogP contribution in [0.5, 0.6) is 23.0 Å². The third kappa shape index (κ3) is 7.27. The molecule has 0 heterocycles. The van der Waals surface area contributed by atoms with Crippen LogP contribution < -0.4 is 9.47 Å². The first-order valence-electron chi connectivity index (χ1n) is 15.5. The fourth-order valence-electron chi connectivity index (χ4n) is 5.72. The Labute approximate surface area is 255 Å². The van der Waals surface area contributed by atoms with Crippen molar-refractivity contribution in [2.75, 3.05) is 0 Å². The molecule has 0 fully saturated rings. The van der Waals surface area contributed by atoms with Crippen LogP contribution in [0.25, 0.3) is 0 Å². The van der Waals surface area contributed by atoms with E-state index in [9.17, 15) is 0 Å². The second kappa shape index (κ2) is 12.4. The summed E-state index contributed by atoms with van der Waals surface area (Å²) in [6.45, 7) is 24.6. The summed E-state index contributed by atoms with van der Waals surface area (Å²) in [7, 11) is 0. The largest absolute Gasteiger partial charge is 0.457 e. The van der Waals surface area contributed by atoms with Gasteiger partial charge in [0.05, 0.1) is 0 Å². The average Bonchev–Trinajstić information content (AvgIpc) is 2.89. The third-order valence-electron chi connectivity index (χ3n) is 8.18. The van der Waals surface area contributed by atoms with Crippen molar-refractivity contribution < 1.29 is 9.47 Å². The zero-order valence-electron chi connectivity index (χ0n) is 27.7. The molecule has 42 heavy (non-hydrogen) atoms. The summed E-state index contributed by atoms with van der Waals surface area (Å²) in [6.07, 6.45) is 2.17. The van der Waals surface area contributed by atoms with Crippen LogP contribution in [0.4, 0.5) is 0 Å². The molecule has 4 aromatic carbocycles. The van der Waals surface area contributed by atoms with Gasteiger partial charge in [-0.25, -0.2) is 0 Å². The number of hydrogen-bond acceptors (Lipinski definition) is 2. The lowest BCUT2D eigenvalue weighted by atomic mass is 9.76. The smallest absolute Gasteiger partial charge is 0.131 e. The van der Waals surface area contributed by atoms with E-state index in [1.165, 1.54) is 44.5 Å². The number of benzene rings is 4. The van der Waals surface area contributed by atoms with Crippen molar-refractivity contribution in [3.8, 4) is 23.0 Å². The molecule has 0 N–H and O–H groups in total. The van der Waals surface area contributed by atoms with Gasteiger partial charge in [0, 0.05) is 17.0 Å².